The number of para-hydroxylation sites is 1. The Morgan fingerprint density at radius 3 is 2.76 bits per heavy atom. The molecule has 0 heterocycles. The van der Waals surface area contributed by atoms with E-state index in [-0.39, 0.29) is 22.9 Å². The van der Waals surface area contributed by atoms with E-state index < -0.39 is 16.3 Å². The van der Waals surface area contributed by atoms with Crippen molar-refractivity contribution in [2.75, 3.05) is 6.61 Å². The van der Waals surface area contributed by atoms with Crippen LogP contribution in [-0.2, 0) is 9.53 Å². The Bertz CT molecular complexity index is 450. The van der Waals surface area contributed by atoms with Gasteiger partial charge in [0.25, 0.3) is 5.69 Å². The maximum absolute atomic E-state index is 11.4. The highest BCUT2D eigenvalue weighted by molar-refractivity contribution is 6.34. The minimum atomic E-state index is -1.24. The first-order chi connectivity index (χ1) is 7.99. The number of carbonyl (C=O) groups is 1. The van der Waals surface area contributed by atoms with Crippen molar-refractivity contribution in [3.05, 3.63) is 38.9 Å². The molecule has 1 atom stereocenters. The van der Waals surface area contributed by atoms with Gasteiger partial charge in [0.1, 0.15) is 5.02 Å². The third-order valence-electron chi connectivity index (χ3n) is 1.97. The molecule has 1 unspecified atom stereocenters. The van der Waals surface area contributed by atoms with Gasteiger partial charge in [-0.25, -0.2) is 0 Å². The van der Waals surface area contributed by atoms with E-state index in [0.717, 1.165) is 0 Å². The third kappa shape index (κ3) is 3.08. The Morgan fingerprint density at radius 1 is 1.59 bits per heavy atom. The highest BCUT2D eigenvalue weighted by Crippen LogP contribution is 2.35. The molecule has 0 aliphatic heterocycles. The van der Waals surface area contributed by atoms with E-state index in [1.807, 2.05) is 0 Å². The van der Waals surface area contributed by atoms with Crippen LogP contribution in [0.3, 0.4) is 0 Å². The van der Waals surface area contributed by atoms with Crippen molar-refractivity contribution in [2.24, 2.45) is 0 Å². The van der Waals surface area contributed by atoms with Gasteiger partial charge in [-0.3, -0.25) is 14.9 Å². The molecule has 0 fully saturated rings. The normalized spacial score (nSPS) is 11.9. The summed E-state index contributed by atoms with van der Waals surface area (Å²) < 4.78 is 4.70. The lowest BCUT2D eigenvalue weighted by Gasteiger charge is -2.09. The second-order valence-corrected chi connectivity index (χ2v) is 3.89. The summed E-state index contributed by atoms with van der Waals surface area (Å²) in [6, 6.07) is 4.22. The topological polar surface area (TPSA) is 69.4 Å². The van der Waals surface area contributed by atoms with E-state index in [0.29, 0.717) is 0 Å². The number of hydrogen-bond donors (Lipinski definition) is 0. The predicted molar refractivity (Wildman–Crippen MR) is 63.3 cm³/mol. The van der Waals surface area contributed by atoms with E-state index in [1.54, 1.807) is 6.92 Å². The Kier molecular flexibility index (Phi) is 4.72. The van der Waals surface area contributed by atoms with E-state index in [4.69, 9.17) is 27.9 Å². The molecule has 0 amide bonds. The summed E-state index contributed by atoms with van der Waals surface area (Å²) in [6.07, 6.45) is 0. The largest absolute Gasteiger partial charge is 0.465 e. The predicted octanol–water partition coefficient (Wildman–Crippen LogP) is 3.09. The number of nitrogens with zero attached hydrogens (tertiary/aromatic N) is 1. The molecule has 1 aromatic carbocycles. The molecule has 0 saturated carbocycles. The average Bonchev–Trinajstić information content (AvgIpc) is 2.27. The van der Waals surface area contributed by atoms with E-state index in [1.165, 1.54) is 18.2 Å². The quantitative estimate of drug-likeness (QED) is 0.367. The number of nitro groups is 1. The number of alkyl halides is 1. The van der Waals surface area contributed by atoms with Crippen molar-refractivity contribution < 1.29 is 14.5 Å². The number of nitro benzene ring substituents is 1. The van der Waals surface area contributed by atoms with Gasteiger partial charge in [-0.2, -0.15) is 0 Å². The Morgan fingerprint density at radius 2 is 2.24 bits per heavy atom. The number of esters is 1. The van der Waals surface area contributed by atoms with Gasteiger partial charge in [-0.15, -0.1) is 11.6 Å². The molecule has 0 bridgehead atoms. The zero-order valence-corrected chi connectivity index (χ0v) is 10.4. The van der Waals surface area contributed by atoms with Crippen molar-refractivity contribution >= 4 is 34.9 Å². The fourth-order valence-corrected chi connectivity index (χ4v) is 1.76. The second-order valence-electron chi connectivity index (χ2n) is 3.05. The fourth-order valence-electron chi connectivity index (χ4n) is 1.27. The number of ether oxygens (including phenoxy) is 1. The molecule has 17 heavy (non-hydrogen) atoms. The van der Waals surface area contributed by atoms with Crippen LogP contribution in [0, 0.1) is 10.1 Å². The fraction of sp³-hybridized carbons (Fsp3) is 0.300. The molecule has 0 aliphatic rings. The number of rotatable bonds is 4. The Hall–Kier alpha value is -1.33. The number of benzene rings is 1. The van der Waals surface area contributed by atoms with Crippen LogP contribution < -0.4 is 0 Å². The van der Waals surface area contributed by atoms with Gasteiger partial charge < -0.3 is 4.74 Å². The minimum Gasteiger partial charge on any atom is -0.465 e. The lowest BCUT2D eigenvalue weighted by molar-refractivity contribution is -0.385. The van der Waals surface area contributed by atoms with Gasteiger partial charge in [-0.05, 0) is 19.1 Å². The molecule has 7 heteroatoms. The maximum Gasteiger partial charge on any atom is 0.328 e. The monoisotopic (exact) mass is 277 g/mol. The first-order valence-corrected chi connectivity index (χ1v) is 5.54. The Labute approximate surface area is 107 Å². The first kappa shape index (κ1) is 13.7. The summed E-state index contributed by atoms with van der Waals surface area (Å²) in [5, 5.41) is 9.53. The number of halogens is 2. The van der Waals surface area contributed by atoms with Crippen LogP contribution in [-0.4, -0.2) is 17.5 Å². The van der Waals surface area contributed by atoms with Crippen LogP contribution in [0.2, 0.25) is 5.02 Å². The zero-order chi connectivity index (χ0) is 13.0. The summed E-state index contributed by atoms with van der Waals surface area (Å²) in [6.45, 7) is 1.77. The van der Waals surface area contributed by atoms with Gasteiger partial charge >= 0.3 is 5.97 Å². The molecule has 92 valence electrons. The zero-order valence-electron chi connectivity index (χ0n) is 8.85. The third-order valence-corrected chi connectivity index (χ3v) is 2.69. The maximum atomic E-state index is 11.4. The van der Waals surface area contributed by atoms with Gasteiger partial charge in [-0.1, -0.05) is 17.7 Å². The first-order valence-electron chi connectivity index (χ1n) is 4.72. The van der Waals surface area contributed by atoms with Crippen LogP contribution in [0.1, 0.15) is 17.9 Å². The molecular weight excluding hydrogens is 269 g/mol. The standard InChI is InChI=1S/C10H9Cl2NO4/c1-2-17-10(14)8(12)6-4-3-5-7(11)9(6)13(15)16/h3-5,8H,2H2,1H3. The second kappa shape index (κ2) is 5.84. The summed E-state index contributed by atoms with van der Waals surface area (Å²) in [4.78, 5) is 21.6. The number of carbonyl (C=O) groups excluding carboxylic acids is 1. The molecular formula is C10H9Cl2NO4. The van der Waals surface area contributed by atoms with Crippen molar-refractivity contribution in [1.82, 2.24) is 0 Å². The summed E-state index contributed by atoms with van der Waals surface area (Å²) in [7, 11) is 0. The van der Waals surface area contributed by atoms with Crippen molar-refractivity contribution in [2.45, 2.75) is 12.3 Å². The van der Waals surface area contributed by atoms with Crippen LogP contribution in [0.5, 0.6) is 0 Å². The highest BCUT2D eigenvalue weighted by atomic mass is 35.5. The van der Waals surface area contributed by atoms with Crippen LogP contribution in [0.15, 0.2) is 18.2 Å². The lowest BCUT2D eigenvalue weighted by Crippen LogP contribution is -2.12. The van der Waals surface area contributed by atoms with Crippen LogP contribution in [0.4, 0.5) is 5.69 Å². The van der Waals surface area contributed by atoms with Gasteiger partial charge in [0.2, 0.25) is 0 Å². The smallest absolute Gasteiger partial charge is 0.328 e. The summed E-state index contributed by atoms with van der Waals surface area (Å²) in [5.74, 6) is -0.737. The molecule has 0 spiro atoms. The lowest BCUT2D eigenvalue weighted by atomic mass is 10.1. The Balaban J connectivity index is 3.17. The van der Waals surface area contributed by atoms with Crippen molar-refractivity contribution in [1.29, 1.82) is 0 Å². The minimum absolute atomic E-state index is 0.0302. The summed E-state index contributed by atoms with van der Waals surface area (Å²) in [5.41, 5.74) is -0.343. The highest BCUT2D eigenvalue weighted by Gasteiger charge is 2.29. The average molecular weight is 278 g/mol. The van der Waals surface area contributed by atoms with Crippen molar-refractivity contribution in [3.63, 3.8) is 0 Å². The number of hydrogen-bond acceptors (Lipinski definition) is 4. The van der Waals surface area contributed by atoms with E-state index >= 15 is 0 Å². The van der Waals surface area contributed by atoms with Gasteiger partial charge in [0, 0.05) is 0 Å². The molecule has 1 rings (SSSR count). The van der Waals surface area contributed by atoms with Crippen LogP contribution >= 0.6 is 23.2 Å². The molecule has 0 N–H and O–H groups in total. The molecule has 1 aromatic rings. The van der Waals surface area contributed by atoms with Gasteiger partial charge in [0.05, 0.1) is 17.1 Å². The van der Waals surface area contributed by atoms with E-state index in [2.05, 4.69) is 0 Å². The van der Waals surface area contributed by atoms with Crippen LogP contribution in [0.25, 0.3) is 0 Å². The molecule has 0 radical (unpaired) electrons. The molecule has 0 aliphatic carbocycles. The molecule has 0 saturated heterocycles. The molecule has 0 aromatic heterocycles. The van der Waals surface area contributed by atoms with Gasteiger partial charge in [0.15, 0.2) is 5.38 Å². The SMILES string of the molecule is CCOC(=O)C(Cl)c1cccc(Cl)c1[N+](=O)[O-]. The van der Waals surface area contributed by atoms with Crippen molar-refractivity contribution in [3.8, 4) is 0 Å². The molecule has 5 nitrogen and oxygen atoms in total. The summed E-state index contributed by atoms with van der Waals surface area (Å²) >= 11 is 11.5. The van der Waals surface area contributed by atoms with E-state index in [9.17, 15) is 14.9 Å².